The Morgan fingerprint density at radius 1 is 0.750 bits per heavy atom. The molecule has 0 atom stereocenters. The van der Waals surface area contributed by atoms with E-state index in [1.54, 1.807) is 14.2 Å². The number of nitrogen functional groups attached to an aromatic ring is 2. The molecule has 0 heterocycles. The van der Waals surface area contributed by atoms with Gasteiger partial charge in [-0.15, -0.1) is 0 Å². The van der Waals surface area contributed by atoms with Crippen LogP contribution in [0.1, 0.15) is 0 Å². The molecule has 106 valence electrons. The van der Waals surface area contributed by atoms with Gasteiger partial charge in [-0.2, -0.15) is 0 Å². The quantitative estimate of drug-likeness (QED) is 0.649. The van der Waals surface area contributed by atoms with Gasteiger partial charge in [-0.1, -0.05) is 12.1 Å². The number of hydrogen-bond acceptors (Lipinski definition) is 6. The molecule has 0 saturated heterocycles. The van der Waals surface area contributed by atoms with Crippen LogP contribution < -0.4 is 20.9 Å². The van der Waals surface area contributed by atoms with E-state index in [0.717, 1.165) is 21.3 Å². The standard InChI is InChI=1S/C14H16N2O2S2/c1-17-11-7-3-5-9(15)13(11)19-20-14-10(16)6-4-8-12(14)18-2/h3-8H,15-16H2,1-2H3. The Labute approximate surface area is 126 Å². The molecule has 2 rings (SSSR count). The first kappa shape index (κ1) is 14.7. The third kappa shape index (κ3) is 3.08. The van der Waals surface area contributed by atoms with Gasteiger partial charge >= 0.3 is 0 Å². The summed E-state index contributed by atoms with van der Waals surface area (Å²) < 4.78 is 10.6. The molecule has 0 aliphatic carbocycles. The van der Waals surface area contributed by atoms with Crippen LogP contribution in [-0.2, 0) is 0 Å². The van der Waals surface area contributed by atoms with E-state index in [1.165, 1.54) is 21.6 Å². The summed E-state index contributed by atoms with van der Waals surface area (Å²) in [5.74, 6) is 1.49. The molecule has 6 heteroatoms. The van der Waals surface area contributed by atoms with Gasteiger partial charge in [0.2, 0.25) is 0 Å². The SMILES string of the molecule is COc1cccc(N)c1SSc1c(N)cccc1OC. The fourth-order valence-corrected chi connectivity index (χ4v) is 4.18. The van der Waals surface area contributed by atoms with Crippen LogP contribution in [0.4, 0.5) is 11.4 Å². The number of nitrogens with two attached hydrogens (primary N) is 2. The number of benzene rings is 2. The predicted molar refractivity (Wildman–Crippen MR) is 86.5 cm³/mol. The molecule has 4 nitrogen and oxygen atoms in total. The molecule has 0 unspecified atom stereocenters. The van der Waals surface area contributed by atoms with Crippen LogP contribution >= 0.6 is 21.6 Å². The van der Waals surface area contributed by atoms with E-state index < -0.39 is 0 Å². The first-order valence-corrected chi connectivity index (χ1v) is 8.01. The van der Waals surface area contributed by atoms with E-state index in [4.69, 9.17) is 20.9 Å². The van der Waals surface area contributed by atoms with Gasteiger partial charge in [-0.3, -0.25) is 0 Å². The van der Waals surface area contributed by atoms with Crippen LogP contribution in [-0.4, -0.2) is 14.2 Å². The van der Waals surface area contributed by atoms with Gasteiger partial charge < -0.3 is 20.9 Å². The Morgan fingerprint density at radius 2 is 1.15 bits per heavy atom. The van der Waals surface area contributed by atoms with Crippen molar-refractivity contribution in [3.05, 3.63) is 36.4 Å². The lowest BCUT2D eigenvalue weighted by atomic mass is 10.3. The molecular weight excluding hydrogens is 292 g/mol. The molecule has 0 radical (unpaired) electrons. The highest BCUT2D eigenvalue weighted by atomic mass is 33.1. The maximum atomic E-state index is 5.99. The number of rotatable bonds is 5. The fraction of sp³-hybridized carbons (Fsp3) is 0.143. The van der Waals surface area contributed by atoms with Crippen molar-refractivity contribution in [1.29, 1.82) is 0 Å². The zero-order chi connectivity index (χ0) is 14.5. The van der Waals surface area contributed by atoms with Gasteiger partial charge in [0.05, 0.1) is 24.0 Å². The van der Waals surface area contributed by atoms with Crippen LogP contribution in [0, 0.1) is 0 Å². The number of ether oxygens (including phenoxy) is 2. The molecule has 0 aromatic heterocycles. The molecule has 0 aliphatic heterocycles. The minimum Gasteiger partial charge on any atom is -0.495 e. The van der Waals surface area contributed by atoms with Crippen molar-refractivity contribution < 1.29 is 9.47 Å². The van der Waals surface area contributed by atoms with E-state index in [-0.39, 0.29) is 0 Å². The summed E-state index contributed by atoms with van der Waals surface area (Å²) in [5, 5.41) is 0. The van der Waals surface area contributed by atoms with Crippen LogP contribution in [0.2, 0.25) is 0 Å². The fourth-order valence-electron chi connectivity index (χ4n) is 1.65. The Hall–Kier alpha value is -1.66. The highest BCUT2D eigenvalue weighted by molar-refractivity contribution is 8.76. The maximum Gasteiger partial charge on any atom is 0.135 e. The van der Waals surface area contributed by atoms with Crippen molar-refractivity contribution in [2.75, 3.05) is 25.7 Å². The van der Waals surface area contributed by atoms with Crippen molar-refractivity contribution in [3.8, 4) is 11.5 Å². The molecule has 4 N–H and O–H groups in total. The second kappa shape index (κ2) is 6.67. The first-order valence-electron chi connectivity index (χ1n) is 5.87. The summed E-state index contributed by atoms with van der Waals surface area (Å²) in [7, 11) is 6.26. The van der Waals surface area contributed by atoms with Gasteiger partial charge in [-0.25, -0.2) is 0 Å². The maximum absolute atomic E-state index is 5.99. The van der Waals surface area contributed by atoms with Crippen molar-refractivity contribution in [1.82, 2.24) is 0 Å². The molecule has 0 aliphatic rings. The molecular formula is C14H16N2O2S2. The third-order valence-electron chi connectivity index (χ3n) is 2.67. The van der Waals surface area contributed by atoms with Gasteiger partial charge in [0.15, 0.2) is 0 Å². The summed E-state index contributed by atoms with van der Waals surface area (Å²) in [6.45, 7) is 0. The molecule has 20 heavy (non-hydrogen) atoms. The van der Waals surface area contributed by atoms with Gasteiger partial charge in [0.1, 0.15) is 11.5 Å². The minimum atomic E-state index is 0.676. The molecule has 2 aromatic carbocycles. The average Bonchev–Trinajstić information content (AvgIpc) is 2.46. The van der Waals surface area contributed by atoms with Crippen LogP contribution in [0.3, 0.4) is 0 Å². The lowest BCUT2D eigenvalue weighted by molar-refractivity contribution is 0.405. The largest absolute Gasteiger partial charge is 0.495 e. The van der Waals surface area contributed by atoms with Crippen molar-refractivity contribution in [2.24, 2.45) is 0 Å². The Bertz CT molecular complexity index is 552. The molecule has 0 saturated carbocycles. The normalized spacial score (nSPS) is 10.3. The summed E-state index contributed by atoms with van der Waals surface area (Å²) in [6, 6.07) is 11.2. The van der Waals surface area contributed by atoms with E-state index in [1.807, 2.05) is 36.4 Å². The molecule has 0 bridgehead atoms. The lowest BCUT2D eigenvalue weighted by Crippen LogP contribution is -1.93. The van der Waals surface area contributed by atoms with Crippen LogP contribution in [0.5, 0.6) is 11.5 Å². The lowest BCUT2D eigenvalue weighted by Gasteiger charge is -2.12. The highest BCUT2D eigenvalue weighted by Gasteiger charge is 2.13. The zero-order valence-electron chi connectivity index (χ0n) is 11.3. The minimum absolute atomic E-state index is 0.676. The number of anilines is 2. The molecule has 0 fully saturated rings. The van der Waals surface area contributed by atoms with Crippen molar-refractivity contribution >= 4 is 33.0 Å². The molecule has 2 aromatic rings. The average molecular weight is 308 g/mol. The first-order chi connectivity index (χ1) is 9.67. The topological polar surface area (TPSA) is 70.5 Å². The van der Waals surface area contributed by atoms with Gasteiger partial charge in [0.25, 0.3) is 0 Å². The molecule has 0 amide bonds. The summed E-state index contributed by atoms with van der Waals surface area (Å²) in [5.41, 5.74) is 13.3. The van der Waals surface area contributed by atoms with E-state index in [0.29, 0.717) is 11.4 Å². The smallest absolute Gasteiger partial charge is 0.135 e. The van der Waals surface area contributed by atoms with Crippen LogP contribution in [0.15, 0.2) is 46.2 Å². The summed E-state index contributed by atoms with van der Waals surface area (Å²) in [4.78, 5) is 1.76. The second-order valence-corrected chi connectivity index (χ2v) is 6.07. The van der Waals surface area contributed by atoms with Crippen molar-refractivity contribution in [3.63, 3.8) is 0 Å². The zero-order valence-corrected chi connectivity index (χ0v) is 12.9. The number of methoxy groups -OCH3 is 2. The second-order valence-electron chi connectivity index (χ2n) is 3.92. The van der Waals surface area contributed by atoms with Crippen LogP contribution in [0.25, 0.3) is 0 Å². The Kier molecular flexibility index (Phi) is 4.92. The summed E-state index contributed by atoms with van der Waals surface area (Å²) in [6.07, 6.45) is 0. The van der Waals surface area contributed by atoms with E-state index in [9.17, 15) is 0 Å². The number of hydrogen-bond donors (Lipinski definition) is 2. The monoisotopic (exact) mass is 308 g/mol. The van der Waals surface area contributed by atoms with Gasteiger partial charge in [-0.05, 0) is 45.9 Å². The Morgan fingerprint density at radius 3 is 1.50 bits per heavy atom. The van der Waals surface area contributed by atoms with E-state index in [2.05, 4.69) is 0 Å². The highest BCUT2D eigenvalue weighted by Crippen LogP contribution is 2.48. The predicted octanol–water partition coefficient (Wildman–Crippen LogP) is 3.67. The molecule has 0 spiro atoms. The van der Waals surface area contributed by atoms with Crippen molar-refractivity contribution in [2.45, 2.75) is 9.79 Å². The van der Waals surface area contributed by atoms with Gasteiger partial charge in [0, 0.05) is 11.4 Å². The Balaban J connectivity index is 2.26. The third-order valence-corrected chi connectivity index (χ3v) is 5.21. The summed E-state index contributed by atoms with van der Waals surface area (Å²) >= 11 is 0. The van der Waals surface area contributed by atoms with E-state index >= 15 is 0 Å².